The minimum absolute atomic E-state index is 0.115. The summed E-state index contributed by atoms with van der Waals surface area (Å²) < 4.78 is 5.37. The Morgan fingerprint density at radius 2 is 2.35 bits per heavy atom. The van der Waals surface area contributed by atoms with Gasteiger partial charge in [0, 0.05) is 30.4 Å². The van der Waals surface area contributed by atoms with E-state index in [1.165, 1.54) is 41.7 Å². The van der Waals surface area contributed by atoms with E-state index in [0.717, 1.165) is 13.2 Å². The summed E-state index contributed by atoms with van der Waals surface area (Å²) in [5, 5.41) is 8.58. The van der Waals surface area contributed by atoms with Gasteiger partial charge in [0.1, 0.15) is 0 Å². The average Bonchev–Trinajstić information content (AvgIpc) is 2.89. The lowest BCUT2D eigenvalue weighted by atomic mass is 9.96. The molecule has 2 heterocycles. The van der Waals surface area contributed by atoms with Crippen LogP contribution >= 0.6 is 11.3 Å². The van der Waals surface area contributed by atoms with Crippen LogP contribution in [0.25, 0.3) is 0 Å². The van der Waals surface area contributed by atoms with Crippen LogP contribution in [0.3, 0.4) is 0 Å². The van der Waals surface area contributed by atoms with Crippen molar-refractivity contribution in [2.24, 2.45) is 0 Å². The standard InChI is InChI=1S/C15H22N2O2S/c18-15(7-12-9-19-6-5-16-12)17-8-11-10-20-14-4-2-1-3-13(11)14/h10,12,16H,1-9H2,(H,17,18)/t12-/m1/s1. The number of aryl methyl sites for hydroxylation is 1. The molecule has 1 saturated heterocycles. The fourth-order valence-corrected chi connectivity index (χ4v) is 4.10. The number of ether oxygens (including phenoxy) is 1. The Morgan fingerprint density at radius 1 is 1.45 bits per heavy atom. The molecule has 2 N–H and O–H groups in total. The molecule has 3 rings (SSSR count). The van der Waals surface area contributed by atoms with Crippen LogP contribution in [-0.2, 0) is 28.9 Å². The van der Waals surface area contributed by atoms with Crippen molar-refractivity contribution in [2.45, 2.75) is 44.7 Å². The number of hydrogen-bond donors (Lipinski definition) is 2. The molecule has 20 heavy (non-hydrogen) atoms. The molecule has 2 aliphatic rings. The van der Waals surface area contributed by atoms with E-state index in [2.05, 4.69) is 16.0 Å². The second kappa shape index (κ2) is 6.70. The van der Waals surface area contributed by atoms with Crippen LogP contribution in [0.2, 0.25) is 0 Å². The summed E-state index contributed by atoms with van der Waals surface area (Å²) in [5.74, 6) is 0.115. The Bertz CT molecular complexity index is 466. The lowest BCUT2D eigenvalue weighted by molar-refractivity contribution is -0.122. The van der Waals surface area contributed by atoms with Crippen molar-refractivity contribution in [3.05, 3.63) is 21.4 Å². The van der Waals surface area contributed by atoms with Gasteiger partial charge in [-0.2, -0.15) is 0 Å². The third-order valence-electron chi connectivity index (χ3n) is 4.05. The van der Waals surface area contributed by atoms with E-state index in [1.807, 2.05) is 11.3 Å². The monoisotopic (exact) mass is 294 g/mol. The lowest BCUT2D eigenvalue weighted by Gasteiger charge is -2.23. The number of fused-ring (bicyclic) bond motifs is 1. The molecule has 0 saturated carbocycles. The first-order valence-electron chi connectivity index (χ1n) is 7.49. The van der Waals surface area contributed by atoms with Crippen molar-refractivity contribution in [2.75, 3.05) is 19.8 Å². The first-order valence-corrected chi connectivity index (χ1v) is 8.37. The molecule has 0 spiro atoms. The number of thiophene rings is 1. The number of rotatable bonds is 4. The zero-order valence-electron chi connectivity index (χ0n) is 11.7. The second-order valence-electron chi connectivity index (χ2n) is 5.58. The zero-order chi connectivity index (χ0) is 13.8. The number of nitrogens with one attached hydrogen (secondary N) is 2. The van der Waals surface area contributed by atoms with E-state index in [0.29, 0.717) is 19.6 Å². The van der Waals surface area contributed by atoms with Crippen LogP contribution in [0.4, 0.5) is 0 Å². The summed E-state index contributed by atoms with van der Waals surface area (Å²) in [6.45, 7) is 2.91. The first kappa shape index (κ1) is 14.0. The predicted molar refractivity (Wildman–Crippen MR) is 80.0 cm³/mol. The highest BCUT2D eigenvalue weighted by Gasteiger charge is 2.18. The summed E-state index contributed by atoms with van der Waals surface area (Å²) in [4.78, 5) is 13.5. The van der Waals surface area contributed by atoms with Gasteiger partial charge in [-0.15, -0.1) is 11.3 Å². The maximum Gasteiger partial charge on any atom is 0.221 e. The van der Waals surface area contributed by atoms with E-state index < -0.39 is 0 Å². The molecule has 0 unspecified atom stereocenters. The summed E-state index contributed by atoms with van der Waals surface area (Å²) in [7, 11) is 0. The lowest BCUT2D eigenvalue weighted by Crippen LogP contribution is -2.44. The molecular formula is C15H22N2O2S. The van der Waals surface area contributed by atoms with Gasteiger partial charge in [-0.05, 0) is 42.2 Å². The summed E-state index contributed by atoms with van der Waals surface area (Å²) in [5.41, 5.74) is 2.83. The van der Waals surface area contributed by atoms with Crippen molar-refractivity contribution >= 4 is 17.2 Å². The Kier molecular flexibility index (Phi) is 4.70. The Hall–Kier alpha value is -0.910. The Labute approximate surface area is 123 Å². The summed E-state index contributed by atoms with van der Waals surface area (Å²) >= 11 is 1.86. The van der Waals surface area contributed by atoms with Gasteiger partial charge in [0.05, 0.1) is 13.2 Å². The van der Waals surface area contributed by atoms with Crippen LogP contribution in [0.1, 0.15) is 35.3 Å². The molecule has 1 aliphatic heterocycles. The van der Waals surface area contributed by atoms with Crippen LogP contribution in [-0.4, -0.2) is 31.7 Å². The molecule has 1 aromatic heterocycles. The SMILES string of the molecule is O=C(C[C@@H]1COCCN1)NCc1csc2c1CCCC2. The average molecular weight is 294 g/mol. The van der Waals surface area contributed by atoms with Crippen molar-refractivity contribution in [3.8, 4) is 0 Å². The van der Waals surface area contributed by atoms with E-state index in [1.54, 1.807) is 0 Å². The van der Waals surface area contributed by atoms with Gasteiger partial charge in [-0.1, -0.05) is 0 Å². The number of morpholine rings is 1. The second-order valence-corrected chi connectivity index (χ2v) is 6.54. The molecule has 5 heteroatoms. The Balaban J connectivity index is 1.49. The van der Waals surface area contributed by atoms with Crippen molar-refractivity contribution in [1.82, 2.24) is 10.6 Å². The zero-order valence-corrected chi connectivity index (χ0v) is 12.6. The van der Waals surface area contributed by atoms with Gasteiger partial charge in [-0.25, -0.2) is 0 Å². The van der Waals surface area contributed by atoms with Crippen LogP contribution in [0.5, 0.6) is 0 Å². The smallest absolute Gasteiger partial charge is 0.221 e. The largest absolute Gasteiger partial charge is 0.378 e. The van der Waals surface area contributed by atoms with Crippen molar-refractivity contribution in [3.63, 3.8) is 0 Å². The van der Waals surface area contributed by atoms with E-state index in [9.17, 15) is 4.79 Å². The molecule has 1 aromatic rings. The molecule has 1 aliphatic carbocycles. The number of hydrogen-bond acceptors (Lipinski definition) is 4. The van der Waals surface area contributed by atoms with Crippen LogP contribution in [0, 0.1) is 0 Å². The molecular weight excluding hydrogens is 272 g/mol. The minimum Gasteiger partial charge on any atom is -0.378 e. The minimum atomic E-state index is 0.115. The Morgan fingerprint density at radius 3 is 3.20 bits per heavy atom. The van der Waals surface area contributed by atoms with Gasteiger partial charge in [0.15, 0.2) is 0 Å². The summed E-state index contributed by atoms with van der Waals surface area (Å²) in [6, 6.07) is 0.167. The summed E-state index contributed by atoms with van der Waals surface area (Å²) in [6.07, 6.45) is 5.51. The maximum atomic E-state index is 12.0. The highest BCUT2D eigenvalue weighted by molar-refractivity contribution is 7.10. The van der Waals surface area contributed by atoms with Crippen molar-refractivity contribution in [1.29, 1.82) is 0 Å². The maximum absolute atomic E-state index is 12.0. The third-order valence-corrected chi connectivity index (χ3v) is 5.19. The van der Waals surface area contributed by atoms with Gasteiger partial charge < -0.3 is 15.4 Å². The molecule has 110 valence electrons. The first-order chi connectivity index (χ1) is 9.83. The van der Waals surface area contributed by atoms with Crippen molar-refractivity contribution < 1.29 is 9.53 Å². The number of amides is 1. The molecule has 0 bridgehead atoms. The number of carbonyl (C=O) groups is 1. The molecule has 1 atom stereocenters. The highest BCUT2D eigenvalue weighted by Crippen LogP contribution is 2.30. The highest BCUT2D eigenvalue weighted by atomic mass is 32.1. The molecule has 0 aromatic carbocycles. The molecule has 1 fully saturated rings. The number of carbonyl (C=O) groups excluding carboxylic acids is 1. The van der Waals surface area contributed by atoms with Crippen LogP contribution in [0.15, 0.2) is 5.38 Å². The molecule has 4 nitrogen and oxygen atoms in total. The molecule has 0 radical (unpaired) electrons. The topological polar surface area (TPSA) is 50.4 Å². The fraction of sp³-hybridized carbons (Fsp3) is 0.667. The third kappa shape index (κ3) is 3.40. The van der Waals surface area contributed by atoms with Crippen LogP contribution < -0.4 is 10.6 Å². The van der Waals surface area contributed by atoms with Gasteiger partial charge in [0.25, 0.3) is 0 Å². The van der Waals surface area contributed by atoms with E-state index in [-0.39, 0.29) is 11.9 Å². The van der Waals surface area contributed by atoms with Gasteiger partial charge in [0.2, 0.25) is 5.91 Å². The quantitative estimate of drug-likeness (QED) is 0.887. The fourth-order valence-electron chi connectivity index (χ4n) is 2.95. The van der Waals surface area contributed by atoms with E-state index >= 15 is 0 Å². The molecule has 1 amide bonds. The van der Waals surface area contributed by atoms with Gasteiger partial charge >= 0.3 is 0 Å². The van der Waals surface area contributed by atoms with E-state index in [4.69, 9.17) is 4.74 Å². The predicted octanol–water partition coefficient (Wildman–Crippen LogP) is 1.62. The normalized spacial score (nSPS) is 22.3. The van der Waals surface area contributed by atoms with Gasteiger partial charge in [-0.3, -0.25) is 4.79 Å².